The normalized spacial score (nSPS) is 14.5. The third-order valence-electron chi connectivity index (χ3n) is 5.29. The van der Waals surface area contributed by atoms with Gasteiger partial charge in [0.2, 0.25) is 0 Å². The summed E-state index contributed by atoms with van der Waals surface area (Å²) in [5.41, 5.74) is 0.734. The van der Waals surface area contributed by atoms with E-state index in [4.69, 9.17) is 9.47 Å². The van der Waals surface area contributed by atoms with Crippen molar-refractivity contribution in [3.63, 3.8) is 0 Å². The van der Waals surface area contributed by atoms with E-state index in [2.05, 4.69) is 21.2 Å². The van der Waals surface area contributed by atoms with Gasteiger partial charge in [0.05, 0.1) is 17.2 Å². The Morgan fingerprint density at radius 3 is 2.46 bits per heavy atom. The van der Waals surface area contributed by atoms with Gasteiger partial charge in [-0.05, 0) is 54.5 Å². The van der Waals surface area contributed by atoms with Crippen molar-refractivity contribution >= 4 is 51.2 Å². The van der Waals surface area contributed by atoms with E-state index in [-0.39, 0.29) is 16.9 Å². The van der Waals surface area contributed by atoms with Crippen LogP contribution in [0.25, 0.3) is 6.08 Å². The number of urea groups is 1. The van der Waals surface area contributed by atoms with Crippen LogP contribution in [0.2, 0.25) is 0 Å². The van der Waals surface area contributed by atoms with Gasteiger partial charge in [0.15, 0.2) is 11.5 Å². The third-order valence-corrected chi connectivity index (χ3v) is 5.82. The first-order valence-electron chi connectivity index (χ1n) is 11.1. The van der Waals surface area contributed by atoms with E-state index in [9.17, 15) is 24.5 Å². The van der Waals surface area contributed by atoms with Crippen LogP contribution in [-0.4, -0.2) is 29.4 Å². The predicted molar refractivity (Wildman–Crippen MR) is 138 cm³/mol. The molecule has 4 amide bonds. The number of nitrogens with zero attached hydrogens (tertiary/aromatic N) is 2. The number of amides is 4. The molecular weight excluding hydrogens is 546 g/mol. The second-order valence-corrected chi connectivity index (χ2v) is 8.70. The Labute approximate surface area is 219 Å². The molecule has 0 atom stereocenters. The first kappa shape index (κ1) is 25.6. The van der Waals surface area contributed by atoms with E-state index in [0.29, 0.717) is 35.2 Å². The molecule has 188 valence electrons. The van der Waals surface area contributed by atoms with Gasteiger partial charge in [0.25, 0.3) is 17.5 Å². The Hall–Kier alpha value is -4.51. The third kappa shape index (κ3) is 5.84. The topological polar surface area (TPSA) is 128 Å². The van der Waals surface area contributed by atoms with E-state index in [0.717, 1.165) is 16.1 Å². The molecule has 1 saturated heterocycles. The summed E-state index contributed by atoms with van der Waals surface area (Å²) in [7, 11) is 0. The van der Waals surface area contributed by atoms with Crippen LogP contribution in [0.1, 0.15) is 18.1 Å². The molecule has 37 heavy (non-hydrogen) atoms. The van der Waals surface area contributed by atoms with Crippen molar-refractivity contribution in [1.82, 2.24) is 5.32 Å². The average Bonchev–Trinajstić information content (AvgIpc) is 2.87. The highest BCUT2D eigenvalue weighted by molar-refractivity contribution is 9.10. The molecule has 0 radical (unpaired) electrons. The molecular formula is C26H20BrN3O7. The first-order chi connectivity index (χ1) is 17.8. The number of carbonyl (C=O) groups excluding carboxylic acids is 3. The average molecular weight is 566 g/mol. The van der Waals surface area contributed by atoms with Crippen LogP contribution in [-0.2, 0) is 16.2 Å². The summed E-state index contributed by atoms with van der Waals surface area (Å²) in [6.45, 7) is 2.46. The lowest BCUT2D eigenvalue weighted by atomic mass is 10.1. The highest BCUT2D eigenvalue weighted by Crippen LogP contribution is 2.31. The number of nitrogens with one attached hydrogen (secondary N) is 1. The Morgan fingerprint density at radius 1 is 1.00 bits per heavy atom. The maximum Gasteiger partial charge on any atom is 0.335 e. The zero-order valence-electron chi connectivity index (χ0n) is 19.5. The number of ether oxygens (including phenoxy) is 2. The lowest BCUT2D eigenvalue weighted by Gasteiger charge is -2.26. The molecule has 0 unspecified atom stereocenters. The van der Waals surface area contributed by atoms with Crippen LogP contribution in [0.15, 0.2) is 76.8 Å². The number of hydrogen-bond donors (Lipinski definition) is 1. The quantitative estimate of drug-likeness (QED) is 0.176. The fourth-order valence-electron chi connectivity index (χ4n) is 3.55. The fraction of sp³-hybridized carbons (Fsp3) is 0.115. The van der Waals surface area contributed by atoms with Crippen molar-refractivity contribution in [1.29, 1.82) is 0 Å². The zero-order valence-corrected chi connectivity index (χ0v) is 21.1. The summed E-state index contributed by atoms with van der Waals surface area (Å²) in [5.74, 6) is -0.919. The molecule has 3 aromatic carbocycles. The summed E-state index contributed by atoms with van der Waals surface area (Å²) >= 11 is 3.39. The van der Waals surface area contributed by atoms with E-state index < -0.39 is 22.8 Å². The zero-order chi connectivity index (χ0) is 26.5. The second-order valence-electron chi connectivity index (χ2n) is 7.79. The molecule has 3 aromatic rings. The minimum atomic E-state index is -1.00. The van der Waals surface area contributed by atoms with Crippen molar-refractivity contribution in [3.05, 3.63) is 98.0 Å². The number of rotatable bonds is 8. The number of benzene rings is 3. The highest BCUT2D eigenvalue weighted by Gasteiger charge is 2.37. The number of carbonyl (C=O) groups is 3. The predicted octanol–water partition coefficient (Wildman–Crippen LogP) is 5.00. The van der Waals surface area contributed by atoms with Gasteiger partial charge in [0, 0.05) is 16.6 Å². The molecule has 10 nitrogen and oxygen atoms in total. The van der Waals surface area contributed by atoms with Gasteiger partial charge in [-0.3, -0.25) is 25.0 Å². The highest BCUT2D eigenvalue weighted by atomic mass is 79.9. The van der Waals surface area contributed by atoms with Gasteiger partial charge >= 0.3 is 6.03 Å². The molecule has 1 N–H and O–H groups in total. The second kappa shape index (κ2) is 11.0. The molecule has 0 aromatic heterocycles. The van der Waals surface area contributed by atoms with Crippen LogP contribution in [0.4, 0.5) is 16.2 Å². The number of barbiturate groups is 1. The number of halogens is 1. The van der Waals surface area contributed by atoms with Gasteiger partial charge in [-0.15, -0.1) is 0 Å². The molecule has 11 heteroatoms. The van der Waals surface area contributed by atoms with Crippen molar-refractivity contribution < 1.29 is 28.8 Å². The number of non-ortho nitro benzene ring substituents is 1. The lowest BCUT2D eigenvalue weighted by molar-refractivity contribution is -0.384. The molecule has 0 aliphatic carbocycles. The molecule has 1 aliphatic rings. The fourth-order valence-corrected chi connectivity index (χ4v) is 3.81. The van der Waals surface area contributed by atoms with Crippen molar-refractivity contribution in [2.75, 3.05) is 11.5 Å². The summed E-state index contributed by atoms with van der Waals surface area (Å²) < 4.78 is 12.6. The number of nitro benzene ring substituents is 1. The summed E-state index contributed by atoms with van der Waals surface area (Å²) in [5, 5.41) is 13.2. The summed E-state index contributed by atoms with van der Waals surface area (Å²) in [6.07, 6.45) is 1.31. The van der Waals surface area contributed by atoms with Gasteiger partial charge in [-0.25, -0.2) is 9.69 Å². The SMILES string of the molecule is CCOc1cc(/C=C2\C(=O)NC(=O)N(c3cccc([N+](=O)[O-])c3)C2=O)ccc1OCc1ccc(Br)cc1. The van der Waals surface area contributed by atoms with Gasteiger partial charge < -0.3 is 9.47 Å². The van der Waals surface area contributed by atoms with Gasteiger partial charge in [-0.2, -0.15) is 0 Å². The Morgan fingerprint density at radius 2 is 1.76 bits per heavy atom. The van der Waals surface area contributed by atoms with Crippen LogP contribution in [0, 0.1) is 10.1 Å². The number of anilines is 1. The van der Waals surface area contributed by atoms with Crippen LogP contribution >= 0.6 is 15.9 Å². The number of nitro groups is 1. The van der Waals surface area contributed by atoms with E-state index in [1.54, 1.807) is 18.2 Å². The van der Waals surface area contributed by atoms with Crippen molar-refractivity contribution in [2.45, 2.75) is 13.5 Å². The van der Waals surface area contributed by atoms with E-state index >= 15 is 0 Å². The van der Waals surface area contributed by atoms with Crippen molar-refractivity contribution in [3.8, 4) is 11.5 Å². The monoisotopic (exact) mass is 565 g/mol. The lowest BCUT2D eigenvalue weighted by Crippen LogP contribution is -2.54. The molecule has 4 rings (SSSR count). The largest absolute Gasteiger partial charge is 0.490 e. The number of imide groups is 2. The number of hydrogen-bond acceptors (Lipinski definition) is 7. The molecule has 0 spiro atoms. The van der Waals surface area contributed by atoms with E-state index in [1.165, 1.54) is 24.3 Å². The Balaban J connectivity index is 1.62. The summed E-state index contributed by atoms with van der Waals surface area (Å²) in [4.78, 5) is 49.2. The van der Waals surface area contributed by atoms with Gasteiger partial charge in [0.1, 0.15) is 12.2 Å². The minimum Gasteiger partial charge on any atom is -0.490 e. The molecule has 1 heterocycles. The maximum atomic E-state index is 13.1. The molecule has 0 saturated carbocycles. The Kier molecular flexibility index (Phi) is 7.63. The first-order valence-corrected chi connectivity index (χ1v) is 11.9. The maximum absolute atomic E-state index is 13.1. The van der Waals surface area contributed by atoms with E-state index in [1.807, 2.05) is 31.2 Å². The molecule has 1 fully saturated rings. The standard InChI is InChI=1S/C26H20BrN3O7/c1-2-36-23-13-17(8-11-22(23)37-15-16-6-9-18(27)10-7-16)12-21-24(31)28-26(33)29(25(21)32)19-4-3-5-20(14-19)30(34)35/h3-14H,2,15H2,1H3,(H,28,31,33)/b21-12+. The van der Waals surface area contributed by atoms with Crippen molar-refractivity contribution in [2.24, 2.45) is 0 Å². The van der Waals surface area contributed by atoms with Crippen LogP contribution < -0.4 is 19.7 Å². The van der Waals surface area contributed by atoms with Crippen LogP contribution in [0.5, 0.6) is 11.5 Å². The summed E-state index contributed by atoms with van der Waals surface area (Å²) in [6, 6.07) is 16.6. The van der Waals surface area contributed by atoms with Crippen LogP contribution in [0.3, 0.4) is 0 Å². The smallest absolute Gasteiger partial charge is 0.335 e. The molecule has 0 bridgehead atoms. The minimum absolute atomic E-state index is 0.0400. The molecule has 1 aliphatic heterocycles. The van der Waals surface area contributed by atoms with Gasteiger partial charge in [-0.1, -0.05) is 40.2 Å². The Bertz CT molecular complexity index is 1420.